The summed E-state index contributed by atoms with van der Waals surface area (Å²) in [6.07, 6.45) is 6.19. The van der Waals surface area contributed by atoms with Gasteiger partial charge in [-0.2, -0.15) is 0 Å². The van der Waals surface area contributed by atoms with E-state index in [0.29, 0.717) is 30.1 Å². The maximum Gasteiger partial charge on any atom is 0.251 e. The summed E-state index contributed by atoms with van der Waals surface area (Å²) in [4.78, 5) is 24.2. The third-order valence-electron chi connectivity index (χ3n) is 7.11. The molecule has 0 radical (unpaired) electrons. The lowest BCUT2D eigenvalue weighted by Crippen LogP contribution is -2.55. The summed E-state index contributed by atoms with van der Waals surface area (Å²) in [6, 6.07) is 9.90. The summed E-state index contributed by atoms with van der Waals surface area (Å²) < 4.78 is 6.61. The highest BCUT2D eigenvalue weighted by atomic mass is 35.5. The molecule has 32 heavy (non-hydrogen) atoms. The molecule has 2 aromatic heterocycles. The van der Waals surface area contributed by atoms with Crippen LogP contribution in [0.15, 0.2) is 36.5 Å². The monoisotopic (exact) mass is 468 g/mol. The molecule has 166 valence electrons. The van der Waals surface area contributed by atoms with Crippen LogP contribution in [-0.4, -0.2) is 48.2 Å². The fourth-order valence-corrected chi connectivity index (χ4v) is 6.68. The Balaban J connectivity index is 1.03. The van der Waals surface area contributed by atoms with Gasteiger partial charge in [-0.25, -0.2) is 9.97 Å². The summed E-state index contributed by atoms with van der Waals surface area (Å²) in [5.41, 5.74) is 2.07. The Hall–Kier alpha value is -2.22. The molecule has 3 fully saturated rings. The number of fused-ring (bicyclic) bond motifs is 1. The summed E-state index contributed by atoms with van der Waals surface area (Å²) in [5, 5.41) is 5.20. The van der Waals surface area contributed by atoms with Crippen LogP contribution in [0.5, 0.6) is 0 Å². The van der Waals surface area contributed by atoms with E-state index in [0.717, 1.165) is 42.3 Å². The molecule has 8 heteroatoms. The summed E-state index contributed by atoms with van der Waals surface area (Å²) >= 11 is 7.89. The van der Waals surface area contributed by atoms with Crippen molar-refractivity contribution in [2.24, 2.45) is 5.41 Å². The Kier molecular flexibility index (Phi) is 5.08. The van der Waals surface area contributed by atoms with Gasteiger partial charge in [0.2, 0.25) is 0 Å². The van der Waals surface area contributed by atoms with Gasteiger partial charge in [-0.15, -0.1) is 11.3 Å². The molecule has 6 nitrogen and oxygen atoms in total. The largest absolute Gasteiger partial charge is 0.378 e. The predicted molar refractivity (Wildman–Crippen MR) is 127 cm³/mol. The van der Waals surface area contributed by atoms with Gasteiger partial charge in [-0.05, 0) is 61.4 Å². The van der Waals surface area contributed by atoms with Crippen molar-refractivity contribution in [2.75, 3.05) is 31.2 Å². The highest BCUT2D eigenvalue weighted by Crippen LogP contribution is 2.62. The van der Waals surface area contributed by atoms with E-state index >= 15 is 0 Å². The maximum absolute atomic E-state index is 12.8. The van der Waals surface area contributed by atoms with E-state index in [-0.39, 0.29) is 11.9 Å². The minimum Gasteiger partial charge on any atom is -0.378 e. The number of morpholine rings is 1. The van der Waals surface area contributed by atoms with Crippen molar-refractivity contribution in [3.8, 4) is 0 Å². The van der Waals surface area contributed by atoms with Gasteiger partial charge in [0, 0.05) is 41.8 Å². The first-order chi connectivity index (χ1) is 15.6. The average molecular weight is 469 g/mol. The van der Waals surface area contributed by atoms with E-state index in [9.17, 15) is 4.79 Å². The molecule has 1 aromatic carbocycles. The summed E-state index contributed by atoms with van der Waals surface area (Å²) in [6.45, 7) is 3.03. The zero-order valence-corrected chi connectivity index (χ0v) is 19.3. The molecule has 3 heterocycles. The van der Waals surface area contributed by atoms with Crippen molar-refractivity contribution in [3.05, 3.63) is 52.1 Å². The minimum absolute atomic E-state index is 0.000634. The second-order valence-electron chi connectivity index (χ2n) is 9.35. The smallest absolute Gasteiger partial charge is 0.251 e. The number of thiazole rings is 1. The number of carbonyl (C=O) groups is 1. The predicted octanol–water partition coefficient (Wildman–Crippen LogP) is 4.64. The number of carbonyl (C=O) groups excluding carboxylic acids is 1. The van der Waals surface area contributed by atoms with Crippen LogP contribution in [0.2, 0.25) is 5.02 Å². The van der Waals surface area contributed by atoms with Crippen LogP contribution in [-0.2, 0) is 4.74 Å². The number of pyridine rings is 1. The Bertz CT molecular complexity index is 1160. The van der Waals surface area contributed by atoms with Crippen LogP contribution in [0.1, 0.15) is 47.0 Å². The number of benzene rings is 1. The molecule has 1 N–H and O–H groups in total. The molecule has 0 atom stereocenters. The average Bonchev–Trinajstić information content (AvgIpc) is 3.17. The minimum atomic E-state index is 0.000634. The second-order valence-corrected chi connectivity index (χ2v) is 10.8. The van der Waals surface area contributed by atoms with Gasteiger partial charge in [-0.3, -0.25) is 4.79 Å². The van der Waals surface area contributed by atoms with E-state index in [2.05, 4.69) is 21.3 Å². The van der Waals surface area contributed by atoms with Crippen LogP contribution in [0.3, 0.4) is 0 Å². The molecular formula is C24H25ClN4O2S. The Morgan fingerprint density at radius 1 is 1.16 bits per heavy atom. The van der Waals surface area contributed by atoms with Crippen LogP contribution < -0.4 is 10.2 Å². The number of anilines is 1. The second kappa shape index (κ2) is 7.97. The normalized spacial score (nSPS) is 27.2. The van der Waals surface area contributed by atoms with E-state index in [1.54, 1.807) is 23.6 Å². The summed E-state index contributed by atoms with van der Waals surface area (Å²) in [7, 11) is 0. The lowest BCUT2D eigenvalue weighted by molar-refractivity contribution is -0.0187. The molecule has 2 aliphatic carbocycles. The van der Waals surface area contributed by atoms with E-state index < -0.39 is 0 Å². The molecule has 0 bridgehead atoms. The Labute approximate surface area is 195 Å². The molecule has 1 aliphatic heterocycles. The van der Waals surface area contributed by atoms with E-state index in [1.165, 1.54) is 22.5 Å². The maximum atomic E-state index is 12.8. The first-order valence-electron chi connectivity index (χ1n) is 11.2. The van der Waals surface area contributed by atoms with Gasteiger partial charge in [0.1, 0.15) is 5.82 Å². The van der Waals surface area contributed by atoms with Crippen molar-refractivity contribution in [3.63, 3.8) is 0 Å². The lowest BCUT2D eigenvalue weighted by atomic mass is 9.50. The van der Waals surface area contributed by atoms with Crippen LogP contribution in [0.4, 0.5) is 5.82 Å². The number of ether oxygens (including phenoxy) is 1. The standard InChI is InChI=1S/C24H25ClN4O2S/c25-17-1-2-20-19(10-17)28-23(32-20)16-11-24(12-16)13-18(14-24)27-22(30)15-3-4-26-21(9-15)29-5-7-31-8-6-29/h1-4,9-10,16,18H,5-8,11-14H2,(H,27,30). The topological polar surface area (TPSA) is 67.4 Å². The number of hydrogen-bond acceptors (Lipinski definition) is 6. The van der Waals surface area contributed by atoms with E-state index in [1.807, 2.05) is 18.2 Å². The zero-order chi connectivity index (χ0) is 21.7. The highest BCUT2D eigenvalue weighted by Gasteiger charge is 2.54. The Morgan fingerprint density at radius 2 is 1.97 bits per heavy atom. The van der Waals surface area contributed by atoms with Gasteiger partial charge in [0.25, 0.3) is 5.91 Å². The fourth-order valence-electron chi connectivity index (χ4n) is 5.47. The van der Waals surface area contributed by atoms with Gasteiger partial charge in [0.05, 0.1) is 28.4 Å². The molecule has 3 aliphatic rings. The Morgan fingerprint density at radius 3 is 2.78 bits per heavy atom. The first kappa shape index (κ1) is 20.4. The molecule has 3 aromatic rings. The van der Waals surface area contributed by atoms with Gasteiger partial charge in [-0.1, -0.05) is 11.6 Å². The fraction of sp³-hybridized carbons (Fsp3) is 0.458. The summed E-state index contributed by atoms with van der Waals surface area (Å²) in [5.74, 6) is 1.39. The van der Waals surface area contributed by atoms with Crippen LogP contribution in [0.25, 0.3) is 10.2 Å². The highest BCUT2D eigenvalue weighted by molar-refractivity contribution is 7.18. The number of nitrogens with zero attached hydrogens (tertiary/aromatic N) is 3. The number of amides is 1. The molecular weight excluding hydrogens is 444 g/mol. The van der Waals surface area contributed by atoms with Crippen molar-refractivity contribution in [1.29, 1.82) is 0 Å². The van der Waals surface area contributed by atoms with Crippen molar-refractivity contribution in [2.45, 2.75) is 37.6 Å². The number of hydrogen-bond donors (Lipinski definition) is 1. The zero-order valence-electron chi connectivity index (χ0n) is 17.7. The van der Waals surface area contributed by atoms with Crippen LogP contribution in [0, 0.1) is 5.41 Å². The third-order valence-corrected chi connectivity index (χ3v) is 8.55. The van der Waals surface area contributed by atoms with Crippen LogP contribution >= 0.6 is 22.9 Å². The number of halogens is 1. The van der Waals surface area contributed by atoms with Crippen molar-refractivity contribution < 1.29 is 9.53 Å². The van der Waals surface area contributed by atoms with Crippen molar-refractivity contribution in [1.82, 2.24) is 15.3 Å². The molecule has 1 spiro atoms. The quantitative estimate of drug-likeness (QED) is 0.604. The first-order valence-corrected chi connectivity index (χ1v) is 12.4. The SMILES string of the molecule is O=C(NC1CC2(C1)CC(c1nc3cc(Cl)ccc3s1)C2)c1ccnc(N2CCOCC2)c1. The van der Waals surface area contributed by atoms with Crippen molar-refractivity contribution >= 4 is 44.9 Å². The third kappa shape index (κ3) is 3.76. The molecule has 2 saturated carbocycles. The van der Waals surface area contributed by atoms with Gasteiger partial charge in [0.15, 0.2) is 0 Å². The molecule has 1 amide bonds. The number of rotatable bonds is 4. The molecule has 6 rings (SSSR count). The molecule has 1 saturated heterocycles. The number of nitrogens with one attached hydrogen (secondary N) is 1. The van der Waals surface area contributed by atoms with E-state index in [4.69, 9.17) is 21.3 Å². The lowest BCUT2D eigenvalue weighted by Gasteiger charge is -2.57. The van der Waals surface area contributed by atoms with Gasteiger partial charge < -0.3 is 15.0 Å². The molecule has 0 unspecified atom stereocenters. The number of aromatic nitrogens is 2. The van der Waals surface area contributed by atoms with Gasteiger partial charge >= 0.3 is 0 Å².